The van der Waals surface area contributed by atoms with Crippen LogP contribution in [0, 0.1) is 5.95 Å². The highest BCUT2D eigenvalue weighted by Crippen LogP contribution is 2.17. The smallest absolute Gasteiger partial charge is 0.212 e. The molecule has 0 radical (unpaired) electrons. The third-order valence-electron chi connectivity index (χ3n) is 2.32. The minimum absolute atomic E-state index is 0.135. The lowest BCUT2D eigenvalue weighted by Gasteiger charge is -2.14. The van der Waals surface area contributed by atoms with Gasteiger partial charge in [-0.1, -0.05) is 0 Å². The van der Waals surface area contributed by atoms with Crippen LogP contribution in [0.3, 0.4) is 0 Å². The molecule has 0 saturated carbocycles. The van der Waals surface area contributed by atoms with Gasteiger partial charge in [-0.15, -0.1) is 0 Å². The molecule has 0 fully saturated rings. The Bertz CT molecular complexity index is 442. The Labute approximate surface area is 93.4 Å². The first-order chi connectivity index (χ1) is 7.75. The molecule has 0 amide bonds. The molecule has 2 heterocycles. The Morgan fingerprint density at radius 1 is 1.19 bits per heavy atom. The van der Waals surface area contributed by atoms with E-state index in [1.807, 2.05) is 19.1 Å². The molecule has 1 N–H and O–H groups in total. The number of hydrogen-bond donors (Lipinski definition) is 1. The number of hydrogen-bond acceptors (Lipinski definition) is 3. The molecule has 2 aromatic heterocycles. The van der Waals surface area contributed by atoms with E-state index in [0.717, 1.165) is 11.3 Å². The number of nitrogens with zero attached hydrogens (tertiary/aromatic N) is 2. The summed E-state index contributed by atoms with van der Waals surface area (Å²) in [6.07, 6.45) is 4.97. The van der Waals surface area contributed by atoms with E-state index in [-0.39, 0.29) is 6.04 Å². The van der Waals surface area contributed by atoms with Crippen LogP contribution in [0.5, 0.6) is 0 Å². The van der Waals surface area contributed by atoms with Gasteiger partial charge in [0.05, 0.1) is 11.9 Å². The van der Waals surface area contributed by atoms with E-state index < -0.39 is 5.95 Å². The normalized spacial score (nSPS) is 12.1. The van der Waals surface area contributed by atoms with Crippen LogP contribution in [-0.4, -0.2) is 9.97 Å². The molecule has 0 aliphatic carbocycles. The van der Waals surface area contributed by atoms with Gasteiger partial charge in [0.15, 0.2) is 0 Å². The monoisotopic (exact) mass is 217 g/mol. The van der Waals surface area contributed by atoms with Gasteiger partial charge in [-0.05, 0) is 36.8 Å². The van der Waals surface area contributed by atoms with Gasteiger partial charge in [0.2, 0.25) is 5.95 Å². The van der Waals surface area contributed by atoms with Crippen molar-refractivity contribution < 1.29 is 4.39 Å². The third kappa shape index (κ3) is 2.53. The Morgan fingerprint density at radius 2 is 1.94 bits per heavy atom. The lowest BCUT2D eigenvalue weighted by molar-refractivity contribution is 0.584. The van der Waals surface area contributed by atoms with E-state index in [9.17, 15) is 4.39 Å². The van der Waals surface area contributed by atoms with Gasteiger partial charge in [0.1, 0.15) is 0 Å². The van der Waals surface area contributed by atoms with E-state index in [4.69, 9.17) is 0 Å². The largest absolute Gasteiger partial charge is 0.377 e. The molecule has 0 aliphatic heterocycles. The highest BCUT2D eigenvalue weighted by molar-refractivity contribution is 5.42. The Kier molecular flexibility index (Phi) is 3.10. The van der Waals surface area contributed by atoms with Gasteiger partial charge in [-0.25, -0.2) is 4.98 Å². The van der Waals surface area contributed by atoms with Gasteiger partial charge in [0, 0.05) is 18.4 Å². The fraction of sp³-hybridized carbons (Fsp3) is 0.167. The van der Waals surface area contributed by atoms with Crippen LogP contribution in [0.4, 0.5) is 10.1 Å². The van der Waals surface area contributed by atoms with E-state index in [0.29, 0.717) is 0 Å². The maximum atomic E-state index is 12.6. The zero-order valence-corrected chi connectivity index (χ0v) is 8.89. The first-order valence-electron chi connectivity index (χ1n) is 5.04. The minimum atomic E-state index is -0.470. The van der Waals surface area contributed by atoms with E-state index in [1.54, 1.807) is 18.5 Å². The summed E-state index contributed by atoms with van der Waals surface area (Å²) in [4.78, 5) is 7.54. The minimum Gasteiger partial charge on any atom is -0.377 e. The fourth-order valence-corrected chi connectivity index (χ4v) is 1.45. The number of nitrogens with one attached hydrogen (secondary N) is 1. The van der Waals surface area contributed by atoms with Crippen LogP contribution in [0.1, 0.15) is 18.5 Å². The van der Waals surface area contributed by atoms with Crippen molar-refractivity contribution in [1.82, 2.24) is 9.97 Å². The van der Waals surface area contributed by atoms with Crippen molar-refractivity contribution in [2.75, 3.05) is 5.32 Å². The molecule has 2 rings (SSSR count). The molecule has 16 heavy (non-hydrogen) atoms. The number of halogens is 1. The van der Waals surface area contributed by atoms with E-state index in [2.05, 4.69) is 15.3 Å². The summed E-state index contributed by atoms with van der Waals surface area (Å²) in [5.74, 6) is -0.470. The fourth-order valence-electron chi connectivity index (χ4n) is 1.45. The molecule has 0 aliphatic rings. The zero-order chi connectivity index (χ0) is 11.4. The molecule has 0 saturated heterocycles. The SMILES string of the molecule is CC(Nc1ccc(F)nc1)c1ccncc1. The molecule has 0 spiro atoms. The second-order valence-corrected chi connectivity index (χ2v) is 3.52. The van der Waals surface area contributed by atoms with Crippen molar-refractivity contribution in [3.8, 4) is 0 Å². The van der Waals surface area contributed by atoms with Gasteiger partial charge in [-0.2, -0.15) is 4.39 Å². The summed E-state index contributed by atoms with van der Waals surface area (Å²) in [7, 11) is 0. The maximum absolute atomic E-state index is 12.6. The Balaban J connectivity index is 2.08. The molecule has 0 bridgehead atoms. The number of aromatic nitrogens is 2. The molecule has 3 nitrogen and oxygen atoms in total. The lowest BCUT2D eigenvalue weighted by atomic mass is 10.1. The van der Waals surface area contributed by atoms with Crippen molar-refractivity contribution in [2.24, 2.45) is 0 Å². The summed E-state index contributed by atoms with van der Waals surface area (Å²) in [5, 5.41) is 3.23. The molecule has 82 valence electrons. The second-order valence-electron chi connectivity index (χ2n) is 3.52. The Morgan fingerprint density at radius 3 is 2.56 bits per heavy atom. The average molecular weight is 217 g/mol. The summed E-state index contributed by atoms with van der Waals surface area (Å²) in [5.41, 5.74) is 1.92. The molecule has 1 atom stereocenters. The molecule has 2 aromatic rings. The molecule has 0 aromatic carbocycles. The summed E-state index contributed by atoms with van der Waals surface area (Å²) in [6.45, 7) is 2.03. The number of pyridine rings is 2. The number of anilines is 1. The molecular formula is C12H12FN3. The first kappa shape index (κ1) is 10.5. The zero-order valence-electron chi connectivity index (χ0n) is 8.89. The third-order valence-corrected chi connectivity index (χ3v) is 2.32. The first-order valence-corrected chi connectivity index (χ1v) is 5.04. The summed E-state index contributed by atoms with van der Waals surface area (Å²) in [6, 6.07) is 7.01. The maximum Gasteiger partial charge on any atom is 0.212 e. The summed E-state index contributed by atoms with van der Waals surface area (Å²) < 4.78 is 12.6. The van der Waals surface area contributed by atoms with Crippen LogP contribution in [0.25, 0.3) is 0 Å². The van der Waals surface area contributed by atoms with Crippen LogP contribution >= 0.6 is 0 Å². The van der Waals surface area contributed by atoms with Crippen molar-refractivity contribution in [2.45, 2.75) is 13.0 Å². The lowest BCUT2D eigenvalue weighted by Crippen LogP contribution is -2.06. The van der Waals surface area contributed by atoms with Crippen LogP contribution in [0.2, 0.25) is 0 Å². The average Bonchev–Trinajstić information content (AvgIpc) is 2.33. The Hall–Kier alpha value is -1.97. The predicted molar refractivity (Wildman–Crippen MR) is 60.5 cm³/mol. The van der Waals surface area contributed by atoms with Gasteiger partial charge < -0.3 is 5.32 Å². The van der Waals surface area contributed by atoms with Crippen LogP contribution in [-0.2, 0) is 0 Å². The van der Waals surface area contributed by atoms with Crippen molar-refractivity contribution in [1.29, 1.82) is 0 Å². The highest BCUT2D eigenvalue weighted by Gasteiger charge is 2.04. The van der Waals surface area contributed by atoms with Crippen molar-refractivity contribution in [3.05, 3.63) is 54.4 Å². The quantitative estimate of drug-likeness (QED) is 0.803. The van der Waals surface area contributed by atoms with Crippen molar-refractivity contribution in [3.63, 3.8) is 0 Å². The van der Waals surface area contributed by atoms with Crippen molar-refractivity contribution >= 4 is 5.69 Å². The van der Waals surface area contributed by atoms with Gasteiger partial charge in [0.25, 0.3) is 0 Å². The molecule has 1 unspecified atom stereocenters. The summed E-state index contributed by atoms with van der Waals surface area (Å²) >= 11 is 0. The number of rotatable bonds is 3. The van der Waals surface area contributed by atoms with Crippen LogP contribution < -0.4 is 5.32 Å². The second kappa shape index (κ2) is 4.70. The predicted octanol–water partition coefficient (Wildman–Crippen LogP) is 2.79. The van der Waals surface area contributed by atoms with Crippen LogP contribution in [0.15, 0.2) is 42.9 Å². The van der Waals surface area contributed by atoms with Gasteiger partial charge in [-0.3, -0.25) is 4.98 Å². The van der Waals surface area contributed by atoms with E-state index >= 15 is 0 Å². The molecular weight excluding hydrogens is 205 g/mol. The standard InChI is InChI=1S/C12H12FN3/c1-9(10-4-6-14-7-5-10)16-11-2-3-12(13)15-8-11/h2-9,16H,1H3. The highest BCUT2D eigenvalue weighted by atomic mass is 19.1. The topological polar surface area (TPSA) is 37.8 Å². The van der Waals surface area contributed by atoms with Gasteiger partial charge >= 0.3 is 0 Å². The molecule has 4 heteroatoms. The van der Waals surface area contributed by atoms with E-state index in [1.165, 1.54) is 12.3 Å².